The lowest BCUT2D eigenvalue weighted by atomic mass is 10.1. The minimum atomic E-state index is 0.413. The summed E-state index contributed by atoms with van der Waals surface area (Å²) in [5.74, 6) is 0.930. The van der Waals surface area contributed by atoms with Crippen LogP contribution in [0.5, 0.6) is 5.75 Å². The maximum absolute atomic E-state index is 5.61. The maximum atomic E-state index is 5.61. The van der Waals surface area contributed by atoms with E-state index >= 15 is 0 Å². The molecule has 1 rings (SSSR count). The highest BCUT2D eigenvalue weighted by atomic mass is 16.5. The number of methoxy groups -OCH3 is 1. The summed E-state index contributed by atoms with van der Waals surface area (Å²) in [6.07, 6.45) is 0.979. The summed E-state index contributed by atoms with van der Waals surface area (Å²) < 4.78 is 5.46. The number of hydrogen-bond donors (Lipinski definition) is 1. The highest BCUT2D eigenvalue weighted by Gasteiger charge is 2.14. The van der Waals surface area contributed by atoms with E-state index in [1.165, 1.54) is 11.1 Å². The molecule has 0 radical (unpaired) electrons. The van der Waals surface area contributed by atoms with Gasteiger partial charge < -0.3 is 15.4 Å². The summed E-state index contributed by atoms with van der Waals surface area (Å²) in [4.78, 5) is 2.23. The van der Waals surface area contributed by atoms with Crippen LogP contribution in [0.15, 0.2) is 12.1 Å². The lowest BCUT2D eigenvalue weighted by Crippen LogP contribution is -2.31. The second-order valence-corrected chi connectivity index (χ2v) is 4.65. The van der Waals surface area contributed by atoms with Crippen LogP contribution in [-0.4, -0.2) is 26.7 Å². The van der Waals surface area contributed by atoms with Crippen LogP contribution >= 0.6 is 0 Å². The molecule has 0 fully saturated rings. The Kier molecular flexibility index (Phi) is 4.82. The molecule has 3 nitrogen and oxygen atoms in total. The van der Waals surface area contributed by atoms with Crippen LogP contribution in [0.1, 0.15) is 24.5 Å². The predicted octanol–water partition coefficient (Wildman–Crippen LogP) is 2.49. The van der Waals surface area contributed by atoms with E-state index in [4.69, 9.17) is 10.5 Å². The Labute approximate surface area is 105 Å². The van der Waals surface area contributed by atoms with Crippen molar-refractivity contribution in [2.75, 3.05) is 25.6 Å². The molecule has 96 valence electrons. The van der Waals surface area contributed by atoms with Gasteiger partial charge in [0.25, 0.3) is 0 Å². The van der Waals surface area contributed by atoms with Gasteiger partial charge in [-0.25, -0.2) is 0 Å². The van der Waals surface area contributed by atoms with Gasteiger partial charge in [-0.1, -0.05) is 0 Å². The predicted molar refractivity (Wildman–Crippen MR) is 74.0 cm³/mol. The molecule has 2 N–H and O–H groups in total. The molecule has 0 amide bonds. The Morgan fingerprint density at radius 2 is 1.88 bits per heavy atom. The molecule has 1 unspecified atom stereocenters. The van der Waals surface area contributed by atoms with E-state index in [0.29, 0.717) is 12.6 Å². The zero-order valence-corrected chi connectivity index (χ0v) is 11.6. The molecular formula is C14H24N2O. The van der Waals surface area contributed by atoms with Gasteiger partial charge in [0.1, 0.15) is 5.75 Å². The van der Waals surface area contributed by atoms with Crippen molar-refractivity contribution in [3.05, 3.63) is 23.3 Å². The molecule has 0 spiro atoms. The van der Waals surface area contributed by atoms with Gasteiger partial charge in [0.05, 0.1) is 12.8 Å². The van der Waals surface area contributed by atoms with Crippen molar-refractivity contribution in [3.63, 3.8) is 0 Å². The van der Waals surface area contributed by atoms with Crippen LogP contribution < -0.4 is 15.4 Å². The van der Waals surface area contributed by atoms with E-state index in [-0.39, 0.29) is 0 Å². The molecule has 1 aromatic rings. The number of benzene rings is 1. The second-order valence-electron chi connectivity index (χ2n) is 4.65. The normalized spacial score (nSPS) is 12.4. The monoisotopic (exact) mass is 236 g/mol. The summed E-state index contributed by atoms with van der Waals surface area (Å²) in [5, 5.41) is 0. The fourth-order valence-corrected chi connectivity index (χ4v) is 1.89. The molecule has 3 heteroatoms. The van der Waals surface area contributed by atoms with Crippen molar-refractivity contribution in [1.29, 1.82) is 0 Å². The lowest BCUT2D eigenvalue weighted by molar-refractivity contribution is 0.413. The Morgan fingerprint density at radius 1 is 1.29 bits per heavy atom. The van der Waals surface area contributed by atoms with E-state index in [9.17, 15) is 0 Å². The van der Waals surface area contributed by atoms with Gasteiger partial charge in [-0.05, 0) is 57.0 Å². The number of rotatable bonds is 5. The van der Waals surface area contributed by atoms with Gasteiger partial charge in [-0.3, -0.25) is 0 Å². The summed E-state index contributed by atoms with van der Waals surface area (Å²) >= 11 is 0. The van der Waals surface area contributed by atoms with Gasteiger partial charge in [-0.2, -0.15) is 0 Å². The summed E-state index contributed by atoms with van der Waals surface area (Å²) in [6, 6.07) is 4.69. The van der Waals surface area contributed by atoms with E-state index in [1.54, 1.807) is 7.11 Å². The van der Waals surface area contributed by atoms with E-state index in [0.717, 1.165) is 17.9 Å². The number of nitrogens with two attached hydrogens (primary N) is 1. The largest absolute Gasteiger partial charge is 0.495 e. The number of aryl methyl sites for hydroxylation is 2. The van der Waals surface area contributed by atoms with Crippen LogP contribution in [-0.2, 0) is 0 Å². The second kappa shape index (κ2) is 5.92. The molecule has 0 aromatic heterocycles. The molecule has 0 aliphatic carbocycles. The highest BCUT2D eigenvalue weighted by Crippen LogP contribution is 2.32. The van der Waals surface area contributed by atoms with Gasteiger partial charge in [0.2, 0.25) is 0 Å². The molecule has 1 atom stereocenters. The van der Waals surface area contributed by atoms with Crippen molar-refractivity contribution in [2.45, 2.75) is 33.2 Å². The number of nitrogens with zero attached hydrogens (tertiary/aromatic N) is 1. The van der Waals surface area contributed by atoms with Crippen LogP contribution in [0.25, 0.3) is 0 Å². The molecule has 0 bridgehead atoms. The van der Waals surface area contributed by atoms with Crippen molar-refractivity contribution < 1.29 is 4.74 Å². The Hall–Kier alpha value is -1.22. The zero-order valence-electron chi connectivity index (χ0n) is 11.6. The van der Waals surface area contributed by atoms with E-state index in [1.807, 2.05) is 0 Å². The van der Waals surface area contributed by atoms with Crippen LogP contribution in [0, 0.1) is 13.8 Å². The summed E-state index contributed by atoms with van der Waals surface area (Å²) in [7, 11) is 3.81. The summed E-state index contributed by atoms with van der Waals surface area (Å²) in [6.45, 7) is 7.12. The van der Waals surface area contributed by atoms with Crippen molar-refractivity contribution in [2.24, 2.45) is 5.73 Å². The first-order valence-corrected chi connectivity index (χ1v) is 6.09. The first kappa shape index (κ1) is 13.8. The van der Waals surface area contributed by atoms with Crippen molar-refractivity contribution in [3.8, 4) is 5.75 Å². The molecule has 1 aromatic carbocycles. The number of hydrogen-bond acceptors (Lipinski definition) is 3. The van der Waals surface area contributed by atoms with Gasteiger partial charge in [0, 0.05) is 13.1 Å². The average Bonchev–Trinajstić information content (AvgIpc) is 2.31. The Bertz CT molecular complexity index is 377. The SMILES string of the molecule is COc1cc(C)c(C)cc1N(C)C(C)CCN. The third kappa shape index (κ3) is 3.13. The fraction of sp³-hybridized carbons (Fsp3) is 0.571. The molecule has 0 aliphatic heterocycles. The van der Waals surface area contributed by atoms with Crippen LogP contribution in [0.3, 0.4) is 0 Å². The smallest absolute Gasteiger partial charge is 0.142 e. The van der Waals surface area contributed by atoms with Crippen LogP contribution in [0.4, 0.5) is 5.69 Å². The Morgan fingerprint density at radius 3 is 2.41 bits per heavy atom. The molecule has 0 saturated heterocycles. The minimum absolute atomic E-state index is 0.413. The average molecular weight is 236 g/mol. The third-order valence-electron chi connectivity index (χ3n) is 3.42. The molecule has 17 heavy (non-hydrogen) atoms. The highest BCUT2D eigenvalue weighted by molar-refractivity contribution is 5.61. The molecule has 0 saturated carbocycles. The quantitative estimate of drug-likeness (QED) is 0.853. The number of anilines is 1. The minimum Gasteiger partial charge on any atom is -0.495 e. The summed E-state index contributed by atoms with van der Waals surface area (Å²) in [5.41, 5.74) is 9.29. The van der Waals surface area contributed by atoms with Crippen LogP contribution in [0.2, 0.25) is 0 Å². The van der Waals surface area contributed by atoms with Gasteiger partial charge in [0.15, 0.2) is 0 Å². The van der Waals surface area contributed by atoms with E-state index in [2.05, 4.69) is 44.9 Å². The maximum Gasteiger partial charge on any atom is 0.142 e. The standard InChI is InChI=1S/C14H24N2O/c1-10-8-13(14(17-5)9-11(10)2)16(4)12(3)6-7-15/h8-9,12H,6-7,15H2,1-5H3. The first-order chi connectivity index (χ1) is 8.01. The zero-order chi connectivity index (χ0) is 13.0. The molecule has 0 aliphatic rings. The molecule has 0 heterocycles. The topological polar surface area (TPSA) is 38.5 Å². The van der Waals surface area contributed by atoms with Crippen molar-refractivity contribution >= 4 is 5.69 Å². The lowest BCUT2D eigenvalue weighted by Gasteiger charge is -2.29. The van der Waals surface area contributed by atoms with Crippen molar-refractivity contribution in [1.82, 2.24) is 0 Å². The van der Waals surface area contributed by atoms with Gasteiger partial charge in [-0.15, -0.1) is 0 Å². The third-order valence-corrected chi connectivity index (χ3v) is 3.42. The van der Waals surface area contributed by atoms with E-state index < -0.39 is 0 Å². The fourth-order valence-electron chi connectivity index (χ4n) is 1.89. The molecular weight excluding hydrogens is 212 g/mol. The van der Waals surface area contributed by atoms with Gasteiger partial charge >= 0.3 is 0 Å². The number of ether oxygens (including phenoxy) is 1. The Balaban J connectivity index is 3.07. The first-order valence-electron chi connectivity index (χ1n) is 6.09.